The molecule has 4 nitrogen and oxygen atoms in total. The largest absolute Gasteiger partial charge is 0.198 e. The third-order valence-electron chi connectivity index (χ3n) is 2.06. The van der Waals surface area contributed by atoms with E-state index in [-0.39, 0.29) is 0 Å². The van der Waals surface area contributed by atoms with Crippen molar-refractivity contribution < 1.29 is 0 Å². The van der Waals surface area contributed by atoms with Gasteiger partial charge in [-0.05, 0) is 24.6 Å². The molecule has 0 aliphatic heterocycles. The first-order chi connectivity index (χ1) is 7.29. The first-order valence-corrected chi connectivity index (χ1v) is 4.65. The Labute approximate surface area is 87.8 Å². The lowest BCUT2D eigenvalue weighted by Crippen LogP contribution is -1.98. The molecule has 0 saturated carbocycles. The highest BCUT2D eigenvalue weighted by Gasteiger charge is 1.99. The lowest BCUT2D eigenvalue weighted by Gasteiger charge is -1.99. The van der Waals surface area contributed by atoms with E-state index in [4.69, 9.17) is 5.26 Å². The molecule has 74 valence electrons. The molecule has 0 spiro atoms. The van der Waals surface area contributed by atoms with Gasteiger partial charge in [-0.15, -0.1) is 0 Å². The summed E-state index contributed by atoms with van der Waals surface area (Å²) in [5, 5.41) is 16.8. The van der Waals surface area contributed by atoms with E-state index in [1.54, 1.807) is 11.0 Å². The van der Waals surface area contributed by atoms with Crippen molar-refractivity contribution in [3.63, 3.8) is 0 Å². The van der Waals surface area contributed by atoms with Gasteiger partial charge in [0.25, 0.3) is 0 Å². The van der Waals surface area contributed by atoms with Crippen molar-refractivity contribution in [1.82, 2.24) is 15.0 Å². The molecule has 1 heterocycles. The number of hydrogen-bond donors (Lipinski definition) is 0. The van der Waals surface area contributed by atoms with E-state index < -0.39 is 0 Å². The number of hydrogen-bond acceptors (Lipinski definition) is 3. The third-order valence-corrected chi connectivity index (χ3v) is 2.06. The molecule has 0 N–H and O–H groups in total. The van der Waals surface area contributed by atoms with Crippen molar-refractivity contribution in [3.8, 4) is 11.8 Å². The van der Waals surface area contributed by atoms with E-state index >= 15 is 0 Å². The van der Waals surface area contributed by atoms with Crippen LogP contribution in [0, 0.1) is 18.3 Å². The quantitative estimate of drug-likeness (QED) is 0.737. The number of aryl methyl sites for hydroxylation is 1. The summed E-state index contributed by atoms with van der Waals surface area (Å²) >= 11 is 0. The van der Waals surface area contributed by atoms with Crippen molar-refractivity contribution >= 4 is 0 Å². The van der Waals surface area contributed by atoms with Crippen LogP contribution in [0.1, 0.15) is 11.3 Å². The summed E-state index contributed by atoms with van der Waals surface area (Å²) < 4.78 is 0. The van der Waals surface area contributed by atoms with Crippen molar-refractivity contribution in [2.75, 3.05) is 0 Å². The van der Waals surface area contributed by atoms with Gasteiger partial charge in [-0.2, -0.15) is 20.3 Å². The Morgan fingerprint density at radius 1 is 1.33 bits per heavy atom. The molecule has 15 heavy (non-hydrogen) atoms. The lowest BCUT2D eigenvalue weighted by molar-refractivity contribution is 0.745. The molecule has 0 radical (unpaired) electrons. The first-order valence-electron chi connectivity index (χ1n) is 4.65. The van der Waals surface area contributed by atoms with Crippen molar-refractivity contribution in [3.05, 3.63) is 41.7 Å². The number of nitrogens with zero attached hydrogens (tertiary/aromatic N) is 4. The molecule has 0 bridgehead atoms. The number of nitriles is 1. The zero-order valence-electron chi connectivity index (χ0n) is 8.38. The van der Waals surface area contributed by atoms with Crippen LogP contribution in [0.5, 0.6) is 0 Å². The Kier molecular flexibility index (Phi) is 2.46. The molecule has 1 aromatic heterocycles. The fourth-order valence-electron chi connectivity index (χ4n) is 1.30. The van der Waals surface area contributed by atoms with Gasteiger partial charge >= 0.3 is 0 Å². The first kappa shape index (κ1) is 9.41. The summed E-state index contributed by atoms with van der Waals surface area (Å²) in [6, 6.07) is 9.75. The van der Waals surface area contributed by atoms with E-state index in [0.717, 1.165) is 16.9 Å². The summed E-state index contributed by atoms with van der Waals surface area (Å²) in [6.07, 6.45) is 2.15. The van der Waals surface area contributed by atoms with Crippen LogP contribution >= 0.6 is 0 Å². The molecule has 0 amide bonds. The van der Waals surface area contributed by atoms with Crippen LogP contribution < -0.4 is 0 Å². The Morgan fingerprint density at radius 2 is 2.07 bits per heavy atom. The number of rotatable bonds is 2. The van der Waals surface area contributed by atoms with E-state index in [2.05, 4.69) is 16.3 Å². The molecule has 0 aliphatic rings. The average molecular weight is 198 g/mol. The van der Waals surface area contributed by atoms with Gasteiger partial charge in [0, 0.05) is 0 Å². The smallest absolute Gasteiger partial charge is 0.0856 e. The van der Waals surface area contributed by atoms with Gasteiger partial charge in [0.2, 0.25) is 0 Å². The Bertz CT molecular complexity index is 490. The summed E-state index contributed by atoms with van der Waals surface area (Å²) in [5.41, 5.74) is 2.80. The number of aromatic nitrogens is 3. The van der Waals surface area contributed by atoms with Gasteiger partial charge < -0.3 is 0 Å². The van der Waals surface area contributed by atoms with Crippen molar-refractivity contribution in [2.45, 2.75) is 13.3 Å². The van der Waals surface area contributed by atoms with Gasteiger partial charge in [-0.25, -0.2) is 0 Å². The normalized spacial score (nSPS) is 9.87. The molecule has 4 heteroatoms. The van der Waals surface area contributed by atoms with E-state index in [1.807, 2.05) is 31.2 Å². The Morgan fingerprint density at radius 3 is 2.60 bits per heavy atom. The second-order valence-electron chi connectivity index (χ2n) is 3.28. The minimum atomic E-state index is 0.436. The maximum atomic E-state index is 8.53. The van der Waals surface area contributed by atoms with Gasteiger partial charge in [0.05, 0.1) is 30.1 Å². The van der Waals surface area contributed by atoms with Crippen molar-refractivity contribution in [2.24, 2.45) is 0 Å². The molecular formula is C11H10N4. The second-order valence-corrected chi connectivity index (χ2v) is 3.28. The molecule has 2 rings (SSSR count). The predicted molar refractivity (Wildman–Crippen MR) is 55.4 cm³/mol. The van der Waals surface area contributed by atoms with Crippen LogP contribution in [-0.2, 0) is 6.42 Å². The summed E-state index contributed by atoms with van der Waals surface area (Å²) in [6.45, 7) is 1.90. The molecule has 1 aromatic carbocycles. The summed E-state index contributed by atoms with van der Waals surface area (Å²) in [4.78, 5) is 1.57. The van der Waals surface area contributed by atoms with Crippen molar-refractivity contribution in [1.29, 1.82) is 5.26 Å². The monoisotopic (exact) mass is 198 g/mol. The SMILES string of the molecule is Cc1cnn(-c2ccc(CC#N)cc2)n1. The van der Waals surface area contributed by atoms with E-state index in [1.165, 1.54) is 0 Å². The average Bonchev–Trinajstić information content (AvgIpc) is 2.67. The van der Waals surface area contributed by atoms with E-state index in [0.29, 0.717) is 6.42 Å². The van der Waals surface area contributed by atoms with Gasteiger partial charge in [0.1, 0.15) is 0 Å². The summed E-state index contributed by atoms with van der Waals surface area (Å²) in [7, 11) is 0. The Balaban J connectivity index is 2.28. The van der Waals surface area contributed by atoms with Crippen LogP contribution in [0.25, 0.3) is 5.69 Å². The van der Waals surface area contributed by atoms with Crippen LogP contribution in [0.3, 0.4) is 0 Å². The number of benzene rings is 1. The zero-order chi connectivity index (χ0) is 10.7. The van der Waals surface area contributed by atoms with Crippen LogP contribution in [0.4, 0.5) is 0 Å². The van der Waals surface area contributed by atoms with Gasteiger partial charge in [-0.1, -0.05) is 12.1 Å². The highest BCUT2D eigenvalue weighted by atomic mass is 15.5. The maximum absolute atomic E-state index is 8.53. The molecule has 0 aliphatic carbocycles. The summed E-state index contributed by atoms with van der Waals surface area (Å²) in [5.74, 6) is 0. The standard InChI is InChI=1S/C11H10N4/c1-9-8-13-15(14-9)11-4-2-10(3-5-11)6-7-12/h2-5,8H,6H2,1H3. The molecule has 2 aromatic rings. The second kappa shape index (κ2) is 3.93. The molecule has 0 atom stereocenters. The van der Waals surface area contributed by atoms with Crippen LogP contribution in [0.15, 0.2) is 30.5 Å². The fourth-order valence-corrected chi connectivity index (χ4v) is 1.30. The molecule has 0 unspecified atom stereocenters. The topological polar surface area (TPSA) is 54.5 Å². The molecule has 0 saturated heterocycles. The third kappa shape index (κ3) is 2.02. The zero-order valence-corrected chi connectivity index (χ0v) is 8.38. The fraction of sp³-hybridized carbons (Fsp3) is 0.182. The highest BCUT2D eigenvalue weighted by molar-refractivity contribution is 5.33. The maximum Gasteiger partial charge on any atom is 0.0856 e. The minimum absolute atomic E-state index is 0.436. The van der Waals surface area contributed by atoms with E-state index in [9.17, 15) is 0 Å². The highest BCUT2D eigenvalue weighted by Crippen LogP contribution is 2.08. The van der Waals surface area contributed by atoms with Gasteiger partial charge in [-0.3, -0.25) is 0 Å². The predicted octanol–water partition coefficient (Wildman–Crippen LogP) is 1.64. The minimum Gasteiger partial charge on any atom is -0.198 e. The molecular weight excluding hydrogens is 188 g/mol. The van der Waals surface area contributed by atoms with Gasteiger partial charge in [0.15, 0.2) is 0 Å². The Hall–Kier alpha value is -2.15. The van der Waals surface area contributed by atoms with Crippen LogP contribution in [0.2, 0.25) is 0 Å². The lowest BCUT2D eigenvalue weighted by atomic mass is 10.1. The molecule has 0 fully saturated rings. The van der Waals surface area contributed by atoms with Crippen LogP contribution in [-0.4, -0.2) is 15.0 Å².